The summed E-state index contributed by atoms with van der Waals surface area (Å²) in [5.41, 5.74) is 1.17. The van der Waals surface area contributed by atoms with E-state index in [1.165, 1.54) is 14.2 Å². The van der Waals surface area contributed by atoms with Crippen molar-refractivity contribution >= 4 is 5.91 Å². The number of hydrogen-bond acceptors (Lipinski definition) is 4. The summed E-state index contributed by atoms with van der Waals surface area (Å²) in [5.74, 6) is 7.21. The first-order chi connectivity index (χ1) is 11.7. The molecule has 1 amide bonds. The number of nitrogens with one attached hydrogen (secondary N) is 1. The van der Waals surface area contributed by atoms with E-state index < -0.39 is 0 Å². The van der Waals surface area contributed by atoms with Gasteiger partial charge in [0, 0.05) is 0 Å². The Morgan fingerprint density at radius 2 is 1.67 bits per heavy atom. The van der Waals surface area contributed by atoms with E-state index in [4.69, 9.17) is 14.2 Å². The van der Waals surface area contributed by atoms with Crippen LogP contribution in [0.5, 0.6) is 17.2 Å². The summed E-state index contributed by atoms with van der Waals surface area (Å²) in [6, 6.07) is 12.6. The van der Waals surface area contributed by atoms with Crippen LogP contribution >= 0.6 is 0 Å². The molecule has 0 aliphatic rings. The molecule has 0 atom stereocenters. The fourth-order valence-corrected chi connectivity index (χ4v) is 2.17. The second-order valence-electron chi connectivity index (χ2n) is 4.73. The molecule has 0 spiro atoms. The molecule has 0 unspecified atom stereocenters. The maximum atomic E-state index is 12.3. The van der Waals surface area contributed by atoms with Gasteiger partial charge in [-0.15, -0.1) is 0 Å². The first-order valence-electron chi connectivity index (χ1n) is 7.32. The molecule has 0 radical (unpaired) electrons. The van der Waals surface area contributed by atoms with Gasteiger partial charge in [0.05, 0.1) is 39.0 Å². The number of para-hydroxylation sites is 2. The fraction of sp³-hybridized carbons (Fsp3) is 0.211. The van der Waals surface area contributed by atoms with Crippen molar-refractivity contribution in [1.82, 2.24) is 5.32 Å². The van der Waals surface area contributed by atoms with E-state index in [1.807, 2.05) is 24.3 Å². The van der Waals surface area contributed by atoms with Crippen LogP contribution in [-0.2, 0) is 0 Å². The van der Waals surface area contributed by atoms with E-state index in [1.54, 1.807) is 25.3 Å². The Morgan fingerprint density at radius 3 is 2.38 bits per heavy atom. The lowest BCUT2D eigenvalue weighted by Crippen LogP contribution is -2.24. The van der Waals surface area contributed by atoms with E-state index >= 15 is 0 Å². The molecule has 0 heterocycles. The molecule has 5 heteroatoms. The number of carbonyl (C=O) groups is 1. The molecular formula is C19H19NO4. The third-order valence-corrected chi connectivity index (χ3v) is 3.31. The molecule has 0 aliphatic carbocycles. The summed E-state index contributed by atoms with van der Waals surface area (Å²) in [7, 11) is 4.62. The predicted octanol–water partition coefficient (Wildman–Crippen LogP) is 2.49. The SMILES string of the molecule is COc1ccccc1C#CCNC(=O)c1cccc(OC)c1OC. The number of benzene rings is 2. The van der Waals surface area contributed by atoms with E-state index in [2.05, 4.69) is 17.2 Å². The van der Waals surface area contributed by atoms with Crippen molar-refractivity contribution in [2.45, 2.75) is 0 Å². The second-order valence-corrected chi connectivity index (χ2v) is 4.73. The van der Waals surface area contributed by atoms with Crippen LogP contribution in [0.4, 0.5) is 0 Å². The Morgan fingerprint density at radius 1 is 0.958 bits per heavy atom. The van der Waals surface area contributed by atoms with Crippen LogP contribution in [0.15, 0.2) is 42.5 Å². The molecule has 2 rings (SSSR count). The van der Waals surface area contributed by atoms with Crippen LogP contribution in [0.2, 0.25) is 0 Å². The van der Waals surface area contributed by atoms with Crippen molar-refractivity contribution < 1.29 is 19.0 Å². The highest BCUT2D eigenvalue weighted by atomic mass is 16.5. The van der Waals surface area contributed by atoms with Gasteiger partial charge in [-0.05, 0) is 24.3 Å². The zero-order chi connectivity index (χ0) is 17.4. The Hall–Kier alpha value is -3.13. The third-order valence-electron chi connectivity index (χ3n) is 3.31. The highest BCUT2D eigenvalue weighted by Crippen LogP contribution is 2.30. The monoisotopic (exact) mass is 325 g/mol. The lowest BCUT2D eigenvalue weighted by atomic mass is 10.1. The Balaban J connectivity index is 2.06. The van der Waals surface area contributed by atoms with Crippen LogP contribution in [0.3, 0.4) is 0 Å². The fourth-order valence-electron chi connectivity index (χ4n) is 2.17. The molecule has 0 saturated heterocycles. The standard InChI is InChI=1S/C19H19NO4/c1-22-16-11-5-4-8-14(16)9-7-13-20-19(21)15-10-6-12-17(23-2)18(15)24-3/h4-6,8,10-12H,13H2,1-3H3,(H,20,21). The lowest BCUT2D eigenvalue weighted by molar-refractivity contribution is 0.0955. The van der Waals surface area contributed by atoms with Crippen molar-refractivity contribution in [3.63, 3.8) is 0 Å². The molecule has 5 nitrogen and oxygen atoms in total. The Labute approximate surface area is 141 Å². The van der Waals surface area contributed by atoms with E-state index in [0.29, 0.717) is 22.8 Å². The van der Waals surface area contributed by atoms with Gasteiger partial charge in [-0.25, -0.2) is 0 Å². The van der Waals surface area contributed by atoms with E-state index in [-0.39, 0.29) is 12.5 Å². The summed E-state index contributed by atoms with van der Waals surface area (Å²) < 4.78 is 15.7. The summed E-state index contributed by atoms with van der Waals surface area (Å²) in [6.07, 6.45) is 0. The topological polar surface area (TPSA) is 56.8 Å². The minimum Gasteiger partial charge on any atom is -0.495 e. The molecular weight excluding hydrogens is 306 g/mol. The molecule has 0 saturated carbocycles. The zero-order valence-corrected chi connectivity index (χ0v) is 13.9. The van der Waals surface area contributed by atoms with Crippen LogP contribution in [0.25, 0.3) is 0 Å². The number of hydrogen-bond donors (Lipinski definition) is 1. The van der Waals surface area contributed by atoms with Gasteiger partial charge in [0.15, 0.2) is 11.5 Å². The number of methoxy groups -OCH3 is 3. The van der Waals surface area contributed by atoms with Crippen LogP contribution < -0.4 is 19.5 Å². The first kappa shape index (κ1) is 17.2. The van der Waals surface area contributed by atoms with Gasteiger partial charge >= 0.3 is 0 Å². The second kappa shape index (κ2) is 8.49. The lowest BCUT2D eigenvalue weighted by Gasteiger charge is -2.11. The van der Waals surface area contributed by atoms with E-state index in [0.717, 1.165) is 5.56 Å². The van der Waals surface area contributed by atoms with Gasteiger partial charge in [0.25, 0.3) is 5.91 Å². The molecule has 0 aliphatic heterocycles. The summed E-state index contributed by atoms with van der Waals surface area (Å²) in [6.45, 7) is 0.206. The van der Waals surface area contributed by atoms with Crippen LogP contribution in [0, 0.1) is 11.8 Å². The summed E-state index contributed by atoms with van der Waals surface area (Å²) >= 11 is 0. The Kier molecular flexibility index (Phi) is 6.09. The van der Waals surface area contributed by atoms with Gasteiger partial charge < -0.3 is 19.5 Å². The average Bonchev–Trinajstić information content (AvgIpc) is 2.64. The summed E-state index contributed by atoms with van der Waals surface area (Å²) in [5, 5.41) is 2.74. The van der Waals surface area contributed by atoms with Crippen LogP contribution in [-0.4, -0.2) is 33.8 Å². The molecule has 2 aromatic rings. The van der Waals surface area contributed by atoms with Crippen molar-refractivity contribution in [2.75, 3.05) is 27.9 Å². The minimum atomic E-state index is -0.278. The molecule has 0 bridgehead atoms. The quantitative estimate of drug-likeness (QED) is 0.858. The van der Waals surface area contributed by atoms with Crippen molar-refractivity contribution in [2.24, 2.45) is 0 Å². The third kappa shape index (κ3) is 3.99. The minimum absolute atomic E-state index is 0.206. The highest BCUT2D eigenvalue weighted by molar-refractivity contribution is 5.97. The van der Waals surface area contributed by atoms with Gasteiger partial charge in [0.2, 0.25) is 0 Å². The largest absolute Gasteiger partial charge is 0.495 e. The summed E-state index contributed by atoms with van der Waals surface area (Å²) in [4.78, 5) is 12.3. The first-order valence-corrected chi connectivity index (χ1v) is 7.32. The van der Waals surface area contributed by atoms with Gasteiger partial charge in [-0.3, -0.25) is 4.79 Å². The molecule has 0 aromatic heterocycles. The van der Waals surface area contributed by atoms with Gasteiger partial charge in [-0.2, -0.15) is 0 Å². The maximum absolute atomic E-state index is 12.3. The number of carbonyl (C=O) groups excluding carboxylic acids is 1. The number of rotatable bonds is 5. The molecule has 0 fully saturated rings. The van der Waals surface area contributed by atoms with Crippen LogP contribution in [0.1, 0.15) is 15.9 Å². The molecule has 24 heavy (non-hydrogen) atoms. The highest BCUT2D eigenvalue weighted by Gasteiger charge is 2.15. The van der Waals surface area contributed by atoms with Crippen molar-refractivity contribution in [3.05, 3.63) is 53.6 Å². The maximum Gasteiger partial charge on any atom is 0.255 e. The number of ether oxygens (including phenoxy) is 3. The number of amides is 1. The molecule has 2 aromatic carbocycles. The molecule has 124 valence electrons. The predicted molar refractivity (Wildman–Crippen MR) is 91.8 cm³/mol. The smallest absolute Gasteiger partial charge is 0.255 e. The average molecular weight is 325 g/mol. The Bertz CT molecular complexity index is 774. The van der Waals surface area contributed by atoms with E-state index in [9.17, 15) is 4.79 Å². The zero-order valence-electron chi connectivity index (χ0n) is 13.9. The molecule has 1 N–H and O–H groups in total. The van der Waals surface area contributed by atoms with Crippen molar-refractivity contribution in [3.8, 4) is 29.1 Å². The van der Waals surface area contributed by atoms with Gasteiger partial charge in [-0.1, -0.05) is 30.0 Å². The van der Waals surface area contributed by atoms with Gasteiger partial charge in [0.1, 0.15) is 5.75 Å². The normalized spacial score (nSPS) is 9.46. The van der Waals surface area contributed by atoms with Crippen molar-refractivity contribution in [1.29, 1.82) is 0 Å².